The molecule has 0 heterocycles. The second-order valence-electron chi connectivity index (χ2n) is 3.73. The van der Waals surface area contributed by atoms with Crippen molar-refractivity contribution in [2.75, 3.05) is 26.2 Å². The molecule has 0 aliphatic carbocycles. The van der Waals surface area contributed by atoms with Crippen LogP contribution in [-0.4, -0.2) is 43.3 Å². The van der Waals surface area contributed by atoms with E-state index in [1.807, 2.05) is 13.8 Å². The van der Waals surface area contributed by atoms with E-state index in [1.165, 1.54) is 4.90 Å². The Hall–Kier alpha value is -0.290. The normalized spacial score (nSPS) is 14.6. The molecule has 0 aliphatic heterocycles. The Morgan fingerprint density at radius 1 is 1.27 bits per heavy atom. The van der Waals surface area contributed by atoms with Crippen LogP contribution in [0.2, 0.25) is 0 Å². The van der Waals surface area contributed by atoms with Gasteiger partial charge in [-0.3, -0.25) is 4.90 Å². The minimum atomic E-state index is -4.10. The molecule has 0 fully saturated rings. The highest BCUT2D eigenvalue weighted by Crippen LogP contribution is 2.17. The predicted molar refractivity (Wildman–Crippen MR) is 55.9 cm³/mol. The van der Waals surface area contributed by atoms with E-state index in [-0.39, 0.29) is 6.04 Å². The van der Waals surface area contributed by atoms with Gasteiger partial charge in [-0.25, -0.2) is 0 Å². The van der Waals surface area contributed by atoms with Crippen molar-refractivity contribution in [2.24, 2.45) is 0 Å². The van der Waals surface area contributed by atoms with Gasteiger partial charge in [0.15, 0.2) is 0 Å². The van der Waals surface area contributed by atoms with Crippen molar-refractivity contribution < 1.29 is 13.2 Å². The quantitative estimate of drug-likeness (QED) is 0.670. The first-order chi connectivity index (χ1) is 6.90. The van der Waals surface area contributed by atoms with Crippen LogP contribution < -0.4 is 5.32 Å². The molecule has 0 saturated carbocycles. The highest BCUT2D eigenvalue weighted by Gasteiger charge is 2.31. The van der Waals surface area contributed by atoms with Crippen molar-refractivity contribution in [1.82, 2.24) is 10.2 Å². The fourth-order valence-electron chi connectivity index (χ4n) is 1.43. The van der Waals surface area contributed by atoms with E-state index in [9.17, 15) is 13.2 Å². The van der Waals surface area contributed by atoms with Gasteiger partial charge in [0.05, 0.1) is 6.54 Å². The van der Waals surface area contributed by atoms with E-state index in [1.54, 1.807) is 6.92 Å². The van der Waals surface area contributed by atoms with Crippen LogP contribution in [0.15, 0.2) is 0 Å². The van der Waals surface area contributed by atoms with Gasteiger partial charge in [-0.15, -0.1) is 0 Å². The van der Waals surface area contributed by atoms with Gasteiger partial charge in [0.25, 0.3) is 0 Å². The minimum Gasteiger partial charge on any atom is -0.315 e. The van der Waals surface area contributed by atoms with Crippen LogP contribution in [0.3, 0.4) is 0 Å². The fraction of sp³-hybridized carbons (Fsp3) is 1.00. The molecule has 2 nitrogen and oxygen atoms in total. The lowest BCUT2D eigenvalue weighted by Gasteiger charge is -2.28. The topological polar surface area (TPSA) is 15.3 Å². The zero-order valence-corrected chi connectivity index (χ0v) is 9.69. The minimum absolute atomic E-state index is 0.0804. The van der Waals surface area contributed by atoms with E-state index in [0.717, 1.165) is 13.0 Å². The molecule has 0 rings (SSSR count). The number of nitrogens with zero attached hydrogens (tertiary/aromatic N) is 1. The van der Waals surface area contributed by atoms with E-state index in [0.29, 0.717) is 13.1 Å². The number of hydrogen-bond acceptors (Lipinski definition) is 2. The average molecular weight is 226 g/mol. The fourth-order valence-corrected chi connectivity index (χ4v) is 1.43. The van der Waals surface area contributed by atoms with Crippen LogP contribution >= 0.6 is 0 Å². The molecule has 0 aromatic heterocycles. The monoisotopic (exact) mass is 226 g/mol. The van der Waals surface area contributed by atoms with Crippen molar-refractivity contribution in [2.45, 2.75) is 39.4 Å². The Morgan fingerprint density at radius 2 is 1.87 bits per heavy atom. The standard InChI is InChI=1S/C10H21F3N2/c1-4-6-14-7-9(3)15(5-2)8-10(11,12)13/h9,14H,4-8H2,1-3H3. The van der Waals surface area contributed by atoms with Gasteiger partial charge in [-0.2, -0.15) is 13.2 Å². The van der Waals surface area contributed by atoms with Crippen molar-refractivity contribution in [3.8, 4) is 0 Å². The predicted octanol–water partition coefficient (Wildman–Crippen LogP) is 2.26. The molecule has 0 aromatic carbocycles. The maximum absolute atomic E-state index is 12.2. The first-order valence-corrected chi connectivity index (χ1v) is 5.42. The highest BCUT2D eigenvalue weighted by atomic mass is 19.4. The Labute approximate surface area is 89.8 Å². The lowest BCUT2D eigenvalue weighted by molar-refractivity contribution is -0.149. The summed E-state index contributed by atoms with van der Waals surface area (Å²) in [6.07, 6.45) is -3.10. The third-order valence-electron chi connectivity index (χ3n) is 2.28. The van der Waals surface area contributed by atoms with E-state index in [4.69, 9.17) is 0 Å². The van der Waals surface area contributed by atoms with Gasteiger partial charge < -0.3 is 5.32 Å². The Morgan fingerprint density at radius 3 is 2.27 bits per heavy atom. The van der Waals surface area contributed by atoms with Crippen LogP contribution in [0.1, 0.15) is 27.2 Å². The second-order valence-corrected chi connectivity index (χ2v) is 3.73. The molecule has 1 unspecified atom stereocenters. The smallest absolute Gasteiger partial charge is 0.315 e. The average Bonchev–Trinajstić information content (AvgIpc) is 2.13. The first kappa shape index (κ1) is 14.7. The molecule has 0 radical (unpaired) electrons. The van der Waals surface area contributed by atoms with Crippen molar-refractivity contribution >= 4 is 0 Å². The first-order valence-electron chi connectivity index (χ1n) is 5.42. The maximum atomic E-state index is 12.2. The number of alkyl halides is 3. The Bertz CT molecular complexity index is 159. The van der Waals surface area contributed by atoms with Gasteiger partial charge in [0.2, 0.25) is 0 Å². The van der Waals surface area contributed by atoms with E-state index >= 15 is 0 Å². The van der Waals surface area contributed by atoms with Crippen LogP contribution in [-0.2, 0) is 0 Å². The zero-order valence-electron chi connectivity index (χ0n) is 9.69. The number of likely N-dealkylation sites (N-methyl/N-ethyl adjacent to an activating group) is 1. The molecule has 0 spiro atoms. The molecule has 0 amide bonds. The van der Waals surface area contributed by atoms with Gasteiger partial charge in [0.1, 0.15) is 0 Å². The summed E-state index contributed by atoms with van der Waals surface area (Å²) in [6.45, 7) is 6.67. The summed E-state index contributed by atoms with van der Waals surface area (Å²) >= 11 is 0. The number of halogens is 3. The molecule has 5 heteroatoms. The van der Waals surface area contributed by atoms with Crippen LogP contribution in [0.4, 0.5) is 13.2 Å². The van der Waals surface area contributed by atoms with Crippen molar-refractivity contribution in [3.05, 3.63) is 0 Å². The second kappa shape index (κ2) is 7.06. The lowest BCUT2D eigenvalue weighted by Crippen LogP contribution is -2.45. The molecule has 1 N–H and O–H groups in total. The molecule has 1 atom stereocenters. The zero-order chi connectivity index (χ0) is 11.9. The van der Waals surface area contributed by atoms with Gasteiger partial charge in [0, 0.05) is 12.6 Å². The summed E-state index contributed by atoms with van der Waals surface area (Å²) in [6, 6.07) is -0.0804. The van der Waals surface area contributed by atoms with Crippen molar-refractivity contribution in [1.29, 1.82) is 0 Å². The SMILES string of the molecule is CCCNCC(C)N(CC)CC(F)(F)F. The van der Waals surface area contributed by atoms with Crippen LogP contribution in [0, 0.1) is 0 Å². The molecule has 0 bridgehead atoms. The molecule has 92 valence electrons. The van der Waals surface area contributed by atoms with Gasteiger partial charge in [-0.1, -0.05) is 13.8 Å². The highest BCUT2D eigenvalue weighted by molar-refractivity contribution is 4.71. The van der Waals surface area contributed by atoms with Gasteiger partial charge in [-0.05, 0) is 26.4 Å². The number of nitrogens with one attached hydrogen (secondary N) is 1. The summed E-state index contributed by atoms with van der Waals surface area (Å²) < 4.78 is 36.5. The third-order valence-corrected chi connectivity index (χ3v) is 2.28. The summed E-state index contributed by atoms with van der Waals surface area (Å²) in [7, 11) is 0. The Kier molecular flexibility index (Phi) is 6.92. The molecular weight excluding hydrogens is 205 g/mol. The third kappa shape index (κ3) is 7.62. The van der Waals surface area contributed by atoms with Crippen LogP contribution in [0.25, 0.3) is 0 Å². The van der Waals surface area contributed by atoms with Crippen molar-refractivity contribution in [3.63, 3.8) is 0 Å². The largest absolute Gasteiger partial charge is 0.401 e. The van der Waals surface area contributed by atoms with Crippen LogP contribution in [0.5, 0.6) is 0 Å². The number of rotatable bonds is 7. The molecular formula is C10H21F3N2. The molecule has 15 heavy (non-hydrogen) atoms. The molecule has 0 aromatic rings. The lowest BCUT2D eigenvalue weighted by atomic mass is 10.2. The summed E-state index contributed by atoms with van der Waals surface area (Å²) in [5, 5.41) is 3.13. The summed E-state index contributed by atoms with van der Waals surface area (Å²) in [5.41, 5.74) is 0. The summed E-state index contributed by atoms with van der Waals surface area (Å²) in [4.78, 5) is 1.43. The maximum Gasteiger partial charge on any atom is 0.401 e. The number of hydrogen-bond donors (Lipinski definition) is 1. The van der Waals surface area contributed by atoms with E-state index in [2.05, 4.69) is 5.32 Å². The molecule has 0 aliphatic rings. The van der Waals surface area contributed by atoms with Gasteiger partial charge >= 0.3 is 6.18 Å². The van der Waals surface area contributed by atoms with E-state index < -0.39 is 12.7 Å². The molecule has 0 saturated heterocycles. The Balaban J connectivity index is 3.93. The summed E-state index contributed by atoms with van der Waals surface area (Å²) in [5.74, 6) is 0.